The van der Waals surface area contributed by atoms with Crippen LogP contribution in [0.5, 0.6) is 5.75 Å². The van der Waals surface area contributed by atoms with Crippen molar-refractivity contribution in [3.05, 3.63) is 53.1 Å². The Labute approximate surface area is 175 Å². The fourth-order valence-electron chi connectivity index (χ4n) is 4.01. The predicted octanol–water partition coefficient (Wildman–Crippen LogP) is 3.48. The van der Waals surface area contributed by atoms with E-state index >= 15 is 0 Å². The minimum atomic E-state index is -0.122. The maximum absolute atomic E-state index is 12.8. The normalized spacial score (nSPS) is 19.0. The second-order valence-corrected chi connectivity index (χ2v) is 7.86. The van der Waals surface area contributed by atoms with Crippen LogP contribution in [0, 0.1) is 0 Å². The molecule has 0 radical (unpaired) electrons. The largest absolute Gasteiger partial charge is 0.495 e. The van der Waals surface area contributed by atoms with Crippen molar-refractivity contribution in [3.8, 4) is 5.75 Å². The van der Waals surface area contributed by atoms with E-state index in [0.29, 0.717) is 30.1 Å². The lowest BCUT2D eigenvalue weighted by molar-refractivity contribution is -0.117. The van der Waals surface area contributed by atoms with Gasteiger partial charge in [-0.3, -0.25) is 9.59 Å². The molecule has 0 bridgehead atoms. The number of nitrogens with one attached hydrogen (secondary N) is 1. The highest BCUT2D eigenvalue weighted by Crippen LogP contribution is 2.33. The molecule has 2 aromatic rings. The Morgan fingerprint density at radius 3 is 2.83 bits per heavy atom. The highest BCUT2D eigenvalue weighted by Gasteiger charge is 2.27. The zero-order valence-electron chi connectivity index (χ0n) is 16.4. The number of nitrogens with zero attached hydrogens (tertiary/aromatic N) is 2. The Kier molecular flexibility index (Phi) is 5.62. The average molecular weight is 414 g/mol. The fraction of sp³-hybridized carbons (Fsp3) is 0.364. The second-order valence-electron chi connectivity index (χ2n) is 7.42. The lowest BCUT2D eigenvalue weighted by atomic mass is 10.1. The number of methoxy groups -OCH3 is 1. The van der Waals surface area contributed by atoms with Crippen LogP contribution < -0.4 is 19.9 Å². The van der Waals surface area contributed by atoms with Crippen LogP contribution in [0.25, 0.3) is 0 Å². The molecule has 7 heteroatoms. The Morgan fingerprint density at radius 1 is 1.21 bits per heavy atom. The molecule has 1 atom stereocenters. The van der Waals surface area contributed by atoms with E-state index in [0.717, 1.165) is 36.5 Å². The molecule has 152 valence electrons. The van der Waals surface area contributed by atoms with Crippen molar-refractivity contribution in [2.75, 3.05) is 36.5 Å². The molecule has 6 nitrogen and oxygen atoms in total. The summed E-state index contributed by atoms with van der Waals surface area (Å²) in [6, 6.07) is 12.9. The summed E-state index contributed by atoms with van der Waals surface area (Å²) < 4.78 is 5.45. The summed E-state index contributed by atoms with van der Waals surface area (Å²) in [5.74, 6) is 0.761. The van der Waals surface area contributed by atoms with Crippen molar-refractivity contribution in [2.45, 2.75) is 25.3 Å². The third-order valence-corrected chi connectivity index (χ3v) is 5.73. The van der Waals surface area contributed by atoms with Crippen molar-refractivity contribution < 1.29 is 14.3 Å². The molecule has 2 heterocycles. The highest BCUT2D eigenvalue weighted by molar-refractivity contribution is 6.31. The van der Waals surface area contributed by atoms with Crippen LogP contribution in [-0.4, -0.2) is 44.6 Å². The van der Waals surface area contributed by atoms with E-state index in [4.69, 9.17) is 16.3 Å². The number of amides is 2. The van der Waals surface area contributed by atoms with E-state index in [2.05, 4.69) is 10.2 Å². The maximum Gasteiger partial charge on any atom is 0.251 e. The van der Waals surface area contributed by atoms with Crippen LogP contribution in [0.15, 0.2) is 42.5 Å². The highest BCUT2D eigenvalue weighted by atomic mass is 35.5. The SMILES string of the molecule is COc1ccc(Cl)cc1N1CC[C@H](NC(=O)c2cccc(N3CCCC3=O)c2)C1. The number of rotatable bonds is 5. The number of ether oxygens (including phenoxy) is 1. The number of hydrogen-bond donors (Lipinski definition) is 1. The summed E-state index contributed by atoms with van der Waals surface area (Å²) in [6.07, 6.45) is 2.27. The van der Waals surface area contributed by atoms with Crippen molar-refractivity contribution in [3.63, 3.8) is 0 Å². The van der Waals surface area contributed by atoms with Gasteiger partial charge in [0.05, 0.1) is 12.8 Å². The van der Waals surface area contributed by atoms with Gasteiger partial charge in [0, 0.05) is 48.4 Å². The molecule has 29 heavy (non-hydrogen) atoms. The smallest absolute Gasteiger partial charge is 0.251 e. The fourth-order valence-corrected chi connectivity index (χ4v) is 4.18. The quantitative estimate of drug-likeness (QED) is 0.815. The van der Waals surface area contributed by atoms with Gasteiger partial charge < -0.3 is 19.9 Å². The standard InChI is InChI=1S/C22H24ClN3O3/c1-29-20-8-7-16(23)13-19(20)25-11-9-17(14-25)24-22(28)15-4-2-5-18(12-15)26-10-3-6-21(26)27/h2,4-5,7-8,12-13,17H,3,6,9-11,14H2,1H3,(H,24,28)/t17-/m0/s1. The monoisotopic (exact) mass is 413 g/mol. The van der Waals surface area contributed by atoms with Crippen LogP contribution in [0.4, 0.5) is 11.4 Å². The molecule has 2 aromatic carbocycles. The van der Waals surface area contributed by atoms with Crippen LogP contribution in [0.3, 0.4) is 0 Å². The van der Waals surface area contributed by atoms with Gasteiger partial charge in [0.25, 0.3) is 5.91 Å². The first-order chi connectivity index (χ1) is 14.0. The Morgan fingerprint density at radius 2 is 2.07 bits per heavy atom. The van der Waals surface area contributed by atoms with Gasteiger partial charge in [0.1, 0.15) is 5.75 Å². The molecule has 0 aliphatic carbocycles. The van der Waals surface area contributed by atoms with Crippen LogP contribution in [0.1, 0.15) is 29.6 Å². The Hall–Kier alpha value is -2.73. The molecule has 1 N–H and O–H groups in total. The van der Waals surface area contributed by atoms with Gasteiger partial charge in [-0.05, 0) is 49.2 Å². The summed E-state index contributed by atoms with van der Waals surface area (Å²) in [5.41, 5.74) is 2.30. The molecule has 0 saturated carbocycles. The first kappa shape index (κ1) is 19.6. The van der Waals surface area contributed by atoms with E-state index in [9.17, 15) is 9.59 Å². The third kappa shape index (κ3) is 4.17. The molecule has 0 spiro atoms. The zero-order valence-corrected chi connectivity index (χ0v) is 17.1. The number of anilines is 2. The van der Waals surface area contributed by atoms with Crippen LogP contribution in [-0.2, 0) is 4.79 Å². The average Bonchev–Trinajstić information content (AvgIpc) is 3.37. The van der Waals surface area contributed by atoms with Crippen molar-refractivity contribution in [1.82, 2.24) is 5.32 Å². The summed E-state index contributed by atoms with van der Waals surface area (Å²) >= 11 is 6.15. The molecule has 0 unspecified atom stereocenters. The molecule has 2 fully saturated rings. The molecule has 2 aliphatic heterocycles. The van der Waals surface area contributed by atoms with E-state index in [1.54, 1.807) is 30.2 Å². The topological polar surface area (TPSA) is 61.9 Å². The third-order valence-electron chi connectivity index (χ3n) is 5.50. The van der Waals surface area contributed by atoms with E-state index in [1.165, 1.54) is 0 Å². The first-order valence-electron chi connectivity index (χ1n) is 9.85. The molecule has 4 rings (SSSR count). The minimum Gasteiger partial charge on any atom is -0.495 e. The van der Waals surface area contributed by atoms with Gasteiger partial charge >= 0.3 is 0 Å². The summed E-state index contributed by atoms with van der Waals surface area (Å²) in [6.45, 7) is 2.21. The van der Waals surface area contributed by atoms with E-state index in [1.807, 2.05) is 24.3 Å². The van der Waals surface area contributed by atoms with Gasteiger partial charge in [-0.15, -0.1) is 0 Å². The lowest BCUT2D eigenvalue weighted by Crippen LogP contribution is -2.37. The number of hydrogen-bond acceptors (Lipinski definition) is 4. The van der Waals surface area contributed by atoms with E-state index < -0.39 is 0 Å². The van der Waals surface area contributed by atoms with Gasteiger partial charge in [-0.25, -0.2) is 0 Å². The second kappa shape index (κ2) is 8.33. The van der Waals surface area contributed by atoms with Crippen LogP contribution in [0.2, 0.25) is 5.02 Å². The van der Waals surface area contributed by atoms with Crippen LogP contribution >= 0.6 is 11.6 Å². The van der Waals surface area contributed by atoms with Crippen molar-refractivity contribution in [1.29, 1.82) is 0 Å². The minimum absolute atomic E-state index is 0.0308. The molecular weight excluding hydrogens is 390 g/mol. The Bertz CT molecular complexity index is 933. The number of carbonyl (C=O) groups is 2. The first-order valence-corrected chi connectivity index (χ1v) is 10.2. The summed E-state index contributed by atoms with van der Waals surface area (Å²) in [5, 5.41) is 3.77. The van der Waals surface area contributed by atoms with Gasteiger partial charge in [-0.2, -0.15) is 0 Å². The van der Waals surface area contributed by atoms with Crippen molar-refractivity contribution >= 4 is 34.8 Å². The van der Waals surface area contributed by atoms with Gasteiger partial charge in [0.2, 0.25) is 5.91 Å². The van der Waals surface area contributed by atoms with E-state index in [-0.39, 0.29) is 17.9 Å². The molecule has 2 saturated heterocycles. The van der Waals surface area contributed by atoms with Crippen molar-refractivity contribution in [2.24, 2.45) is 0 Å². The molecule has 2 amide bonds. The molecule has 2 aliphatic rings. The molecule has 0 aromatic heterocycles. The number of halogens is 1. The van der Waals surface area contributed by atoms with Gasteiger partial charge in [-0.1, -0.05) is 17.7 Å². The van der Waals surface area contributed by atoms with Gasteiger partial charge in [0.15, 0.2) is 0 Å². The molecular formula is C22H24ClN3O3. The maximum atomic E-state index is 12.8. The lowest BCUT2D eigenvalue weighted by Gasteiger charge is -2.22. The summed E-state index contributed by atoms with van der Waals surface area (Å²) in [7, 11) is 1.64. The zero-order chi connectivity index (χ0) is 20.4. The number of benzene rings is 2. The number of carbonyl (C=O) groups excluding carboxylic acids is 2. The summed E-state index contributed by atoms with van der Waals surface area (Å²) in [4.78, 5) is 28.7. The Balaban J connectivity index is 1.42. The predicted molar refractivity (Wildman–Crippen MR) is 114 cm³/mol.